The van der Waals surface area contributed by atoms with Gasteiger partial charge in [0, 0.05) is 0 Å². The van der Waals surface area contributed by atoms with Gasteiger partial charge in [-0.3, -0.25) is 0 Å². The molecule has 1 aromatic carbocycles. The molecule has 0 nitrogen and oxygen atoms in total. The monoisotopic (exact) mass is 290 g/mol. The van der Waals surface area contributed by atoms with Crippen molar-refractivity contribution in [3.8, 4) is 0 Å². The fraction of sp³-hybridized carbons (Fsp3) is 0.250. The second-order valence-electron chi connectivity index (χ2n) is 2.63. The van der Waals surface area contributed by atoms with Crippen LogP contribution in [0.15, 0.2) is 24.3 Å². The molecule has 0 radical (unpaired) electrons. The van der Waals surface area contributed by atoms with E-state index in [1.807, 2.05) is 0 Å². The molecule has 0 atom stereocenters. The molecule has 1 aliphatic heterocycles. The zero-order valence-electron chi connectivity index (χ0n) is 6.25. The summed E-state index contributed by atoms with van der Waals surface area (Å²) in [6, 6.07) is 9.04. The quantitative estimate of drug-likeness (QED) is 0.671. The first kappa shape index (κ1) is 8.32. The Kier molecular flexibility index (Phi) is 3.10. The average molecular weight is 289 g/mol. The number of hydrogen-bond donors (Lipinski definition) is 0. The first-order chi connectivity index (χ1) is 5.45. The molecule has 1 heterocycles. The van der Waals surface area contributed by atoms with Gasteiger partial charge in [-0.1, -0.05) is 0 Å². The minimum absolute atomic E-state index is 0.437. The van der Waals surface area contributed by atoms with Gasteiger partial charge in [0.2, 0.25) is 0 Å². The summed E-state index contributed by atoms with van der Waals surface area (Å²) in [4.78, 5) is 0. The molecule has 0 N–H and O–H groups in total. The van der Waals surface area contributed by atoms with Crippen LogP contribution in [0.4, 0.5) is 0 Å². The molecule has 0 amide bonds. The maximum absolute atomic E-state index is 2.35. The van der Waals surface area contributed by atoms with Crippen LogP contribution in [0.2, 0.25) is 0 Å². The molecule has 0 saturated carbocycles. The van der Waals surface area contributed by atoms with Crippen molar-refractivity contribution in [2.45, 2.75) is 11.5 Å². The van der Waals surface area contributed by atoms with Crippen LogP contribution in [0.25, 0.3) is 0 Å². The Morgan fingerprint density at radius 2 is 1.73 bits per heavy atom. The molecule has 11 heavy (non-hydrogen) atoms. The summed E-state index contributed by atoms with van der Waals surface area (Å²) < 4.78 is 0. The topological polar surface area (TPSA) is 0 Å². The molecule has 0 aliphatic carbocycles. The molecular formula is C8H10S2Sn. The fourth-order valence-corrected chi connectivity index (χ4v) is 14.5. The molecule has 0 aromatic heterocycles. The number of fused-ring (bicyclic) bond motifs is 2. The van der Waals surface area contributed by atoms with Crippen LogP contribution in [-0.4, -0.2) is 18.4 Å². The summed E-state index contributed by atoms with van der Waals surface area (Å²) in [6.45, 7) is 0. The van der Waals surface area contributed by atoms with Gasteiger partial charge in [0.15, 0.2) is 0 Å². The Morgan fingerprint density at radius 3 is 2.36 bits per heavy atom. The summed E-state index contributed by atoms with van der Waals surface area (Å²) in [7, 11) is 4.45. The van der Waals surface area contributed by atoms with Gasteiger partial charge in [0.05, 0.1) is 0 Å². The van der Waals surface area contributed by atoms with Crippen molar-refractivity contribution < 1.29 is 0 Å². The molecule has 0 unspecified atom stereocenters. The van der Waals surface area contributed by atoms with Crippen LogP contribution in [0, 0.1) is 0 Å². The second kappa shape index (κ2) is 4.10. The Labute approximate surface area is 82.7 Å². The molecule has 2 rings (SSSR count). The van der Waals surface area contributed by atoms with Crippen molar-refractivity contribution in [2.24, 2.45) is 0 Å². The Bertz CT molecular complexity index is 228. The van der Waals surface area contributed by atoms with Crippen molar-refractivity contribution in [2.75, 3.05) is 0 Å². The van der Waals surface area contributed by atoms with Gasteiger partial charge in [-0.05, 0) is 0 Å². The van der Waals surface area contributed by atoms with Crippen molar-refractivity contribution >= 4 is 36.3 Å². The van der Waals surface area contributed by atoms with Gasteiger partial charge in [0.1, 0.15) is 0 Å². The van der Waals surface area contributed by atoms with E-state index in [0.29, 0.717) is 0 Å². The third kappa shape index (κ3) is 2.33. The van der Waals surface area contributed by atoms with Crippen molar-refractivity contribution in [1.82, 2.24) is 0 Å². The molecule has 58 valence electrons. The van der Waals surface area contributed by atoms with E-state index < -0.39 is 18.4 Å². The number of rotatable bonds is 0. The molecule has 1 aromatic rings. The first-order valence-electron chi connectivity index (χ1n) is 3.68. The van der Waals surface area contributed by atoms with Crippen molar-refractivity contribution in [3.05, 3.63) is 35.4 Å². The van der Waals surface area contributed by atoms with Crippen LogP contribution < -0.4 is 0 Å². The molecule has 3 heteroatoms. The predicted molar refractivity (Wildman–Crippen MR) is 57.6 cm³/mol. The van der Waals surface area contributed by atoms with E-state index in [2.05, 4.69) is 42.2 Å². The summed E-state index contributed by atoms with van der Waals surface area (Å²) in [6.07, 6.45) is 0. The summed E-state index contributed by atoms with van der Waals surface area (Å²) in [5.41, 5.74) is 3.06. The maximum atomic E-state index is 2.35. The standard InChI is InChI=1S/C8H10S2.Sn.2H/c9-5-7-2-1-3-8(4-7)6-10;;;/h1-4,9-10H,5-6H2;;;/q;+2;;/p-2. The number of benzene rings is 1. The van der Waals surface area contributed by atoms with Crippen LogP contribution in [0.5, 0.6) is 0 Å². The van der Waals surface area contributed by atoms with E-state index in [1.165, 1.54) is 22.6 Å². The zero-order valence-corrected chi connectivity index (χ0v) is 11.9. The molecule has 0 fully saturated rings. The van der Waals surface area contributed by atoms with Gasteiger partial charge in [-0.2, -0.15) is 0 Å². The van der Waals surface area contributed by atoms with Crippen LogP contribution in [0.3, 0.4) is 0 Å². The third-order valence-corrected chi connectivity index (χ3v) is 16.2. The van der Waals surface area contributed by atoms with Crippen LogP contribution in [-0.2, 0) is 11.5 Å². The molecule has 1 aliphatic rings. The van der Waals surface area contributed by atoms with E-state index >= 15 is 0 Å². The van der Waals surface area contributed by atoms with E-state index in [4.69, 9.17) is 0 Å². The van der Waals surface area contributed by atoms with E-state index in [9.17, 15) is 0 Å². The molecular weight excluding hydrogens is 279 g/mol. The number of hydrogen-bond acceptors (Lipinski definition) is 2. The van der Waals surface area contributed by atoms with Crippen molar-refractivity contribution in [1.29, 1.82) is 0 Å². The van der Waals surface area contributed by atoms with Crippen LogP contribution >= 0.6 is 17.9 Å². The summed E-state index contributed by atoms with van der Waals surface area (Å²) in [5.74, 6) is 2.55. The fourth-order valence-electron chi connectivity index (χ4n) is 1.19. The van der Waals surface area contributed by atoms with Gasteiger partial charge < -0.3 is 0 Å². The van der Waals surface area contributed by atoms with E-state index in [0.717, 1.165) is 0 Å². The van der Waals surface area contributed by atoms with E-state index in [1.54, 1.807) is 0 Å². The van der Waals surface area contributed by atoms with Gasteiger partial charge in [0.25, 0.3) is 0 Å². The minimum atomic E-state index is -0.437. The zero-order chi connectivity index (χ0) is 7.52. The molecule has 2 bridgehead atoms. The SMILES string of the molecule is c1cc2cc(c1)C[S][SnH2][S]C2. The second-order valence-corrected chi connectivity index (χ2v) is 18.0. The average Bonchev–Trinajstić information content (AvgIpc) is 2.02. The normalized spacial score (nSPS) is 17.1. The Morgan fingerprint density at radius 1 is 1.09 bits per heavy atom. The predicted octanol–water partition coefficient (Wildman–Crippen LogP) is 2.17. The Hall–Kier alpha value is 0.719. The van der Waals surface area contributed by atoms with E-state index in [-0.39, 0.29) is 0 Å². The Balaban J connectivity index is 2.30. The summed E-state index contributed by atoms with van der Waals surface area (Å²) >= 11 is -0.437. The molecule has 0 spiro atoms. The van der Waals surface area contributed by atoms with Gasteiger partial charge in [-0.15, -0.1) is 0 Å². The third-order valence-electron chi connectivity index (χ3n) is 1.70. The van der Waals surface area contributed by atoms with Gasteiger partial charge in [-0.25, -0.2) is 0 Å². The summed E-state index contributed by atoms with van der Waals surface area (Å²) in [5, 5.41) is 0. The molecule has 0 saturated heterocycles. The van der Waals surface area contributed by atoms with Crippen molar-refractivity contribution in [3.63, 3.8) is 0 Å². The van der Waals surface area contributed by atoms with Gasteiger partial charge >= 0.3 is 83.2 Å². The first-order valence-corrected chi connectivity index (χ1v) is 15.9. The van der Waals surface area contributed by atoms with Crippen LogP contribution in [0.1, 0.15) is 11.1 Å².